The monoisotopic (exact) mass is 1370 g/mol. The van der Waals surface area contributed by atoms with Gasteiger partial charge in [0.15, 0.2) is 5.69 Å². The van der Waals surface area contributed by atoms with Gasteiger partial charge in [-0.2, -0.15) is 0 Å². The van der Waals surface area contributed by atoms with E-state index in [-0.39, 0.29) is 0 Å². The number of hydrogen-bond acceptors (Lipinski definition) is 8. The Bertz CT molecular complexity index is 4340. The topological polar surface area (TPSA) is 111 Å². The van der Waals surface area contributed by atoms with E-state index in [1.165, 1.54) is 70.6 Å². The lowest BCUT2D eigenvalue weighted by atomic mass is 10.0. The Morgan fingerprint density at radius 3 is 1.19 bits per heavy atom. The van der Waals surface area contributed by atoms with Crippen LogP contribution in [-0.4, -0.2) is 34.5 Å². The van der Waals surface area contributed by atoms with Gasteiger partial charge in [-0.15, -0.1) is 11.3 Å². The Morgan fingerprint density at radius 1 is 0.330 bits per heavy atom. The predicted octanol–water partition coefficient (Wildman–Crippen LogP) is 23.5. The van der Waals surface area contributed by atoms with Crippen LogP contribution in [0.15, 0.2) is 200 Å². The van der Waals surface area contributed by atoms with Crippen molar-refractivity contribution in [3.05, 3.63) is 218 Å². The van der Waals surface area contributed by atoms with Crippen molar-refractivity contribution in [2.24, 2.45) is 35.2 Å². The number of nitrogens with zero attached hydrogens (tertiary/aromatic N) is 11. The van der Waals surface area contributed by atoms with Crippen molar-refractivity contribution in [2.75, 3.05) is 0 Å². The van der Waals surface area contributed by atoms with Gasteiger partial charge < -0.3 is 8.98 Å². The molecule has 0 unspecified atom stereocenters. The van der Waals surface area contributed by atoms with Crippen LogP contribution < -0.4 is 18.3 Å². The summed E-state index contributed by atoms with van der Waals surface area (Å²) in [7, 11) is 10.2. The Morgan fingerprint density at radius 2 is 0.720 bits per heavy atom. The van der Waals surface area contributed by atoms with Crippen LogP contribution in [0.25, 0.3) is 110 Å². The molecular weight excluding hydrogens is 1250 g/mol. The minimum absolute atomic E-state index is 0.854. The maximum atomic E-state index is 5.93. The van der Waals surface area contributed by atoms with Crippen LogP contribution in [-0.2, 0) is 35.2 Å². The maximum absolute atomic E-state index is 5.93. The molecule has 6 aromatic carbocycles. The first kappa shape index (κ1) is 90.5. The molecule has 0 bridgehead atoms. The highest BCUT2D eigenvalue weighted by atomic mass is 32.1. The van der Waals surface area contributed by atoms with Crippen LogP contribution in [0.2, 0.25) is 0 Å². The summed E-state index contributed by atoms with van der Waals surface area (Å²) in [6, 6.07) is 46.4. The number of aryl methyl sites for hydroxylation is 9. The summed E-state index contributed by atoms with van der Waals surface area (Å²) in [5, 5.41) is 7.51. The molecule has 0 spiro atoms. The van der Waals surface area contributed by atoms with Crippen molar-refractivity contribution < 1.29 is 22.7 Å². The van der Waals surface area contributed by atoms with Gasteiger partial charge in [-0.1, -0.05) is 207 Å². The molecule has 0 saturated carbocycles. The van der Waals surface area contributed by atoms with E-state index in [0.29, 0.717) is 0 Å². The van der Waals surface area contributed by atoms with Crippen molar-refractivity contribution >= 4 is 75.3 Å². The maximum Gasteiger partial charge on any atom is 0.348 e. The highest BCUT2D eigenvalue weighted by Crippen LogP contribution is 2.38. The highest BCUT2D eigenvalue weighted by molar-refractivity contribution is 7.25. The molecule has 0 aliphatic carbocycles. The van der Waals surface area contributed by atoms with Gasteiger partial charge in [0.25, 0.3) is 0 Å². The molecule has 0 aliphatic heterocycles. The lowest BCUT2D eigenvalue weighted by Gasteiger charge is -2.05. The third kappa shape index (κ3) is 23.3. The quantitative estimate of drug-likeness (QED) is 0.161. The van der Waals surface area contributed by atoms with E-state index < -0.39 is 0 Å². The van der Waals surface area contributed by atoms with Crippen LogP contribution in [0.4, 0.5) is 0 Å². The fraction of sp³-hybridized carbons (Fsp3) is 0.356. The van der Waals surface area contributed by atoms with Crippen molar-refractivity contribution in [3.63, 3.8) is 0 Å². The average molecular weight is 1370 g/mol. The number of aromatic nitrogens is 11. The molecule has 0 fully saturated rings. The second-order valence-corrected chi connectivity index (χ2v) is 20.6. The molecule has 8 aromatic heterocycles. The van der Waals surface area contributed by atoms with E-state index in [1.807, 2.05) is 294 Å². The Balaban J connectivity index is 0.00000120. The van der Waals surface area contributed by atoms with Gasteiger partial charge in [0.1, 0.15) is 42.3 Å². The molecule has 12 nitrogen and oxygen atoms in total. The summed E-state index contributed by atoms with van der Waals surface area (Å²) < 4.78 is 19.0. The zero-order valence-electron chi connectivity index (χ0n) is 67.2. The van der Waals surface area contributed by atoms with Gasteiger partial charge in [-0.25, -0.2) is 28.2 Å². The summed E-state index contributed by atoms with van der Waals surface area (Å²) in [4.78, 5) is 26.1. The zero-order valence-corrected chi connectivity index (χ0v) is 68.0. The van der Waals surface area contributed by atoms with E-state index in [0.717, 1.165) is 67.6 Å². The summed E-state index contributed by atoms with van der Waals surface area (Å²) >= 11 is 1.86. The average Bonchev–Trinajstić information content (AvgIpc) is 1.61. The molecule has 0 aliphatic rings. The van der Waals surface area contributed by atoms with E-state index in [9.17, 15) is 0 Å². The molecule has 100 heavy (non-hydrogen) atoms. The lowest BCUT2D eigenvalue weighted by Crippen LogP contribution is -2.31. The molecule has 13 heteroatoms. The van der Waals surface area contributed by atoms with Crippen molar-refractivity contribution in [1.29, 1.82) is 0 Å². The highest BCUT2D eigenvalue weighted by Gasteiger charge is 2.21. The summed E-state index contributed by atoms with van der Waals surface area (Å²) in [5.41, 5.74) is 13.5. The number of hydrogen-bond donors (Lipinski definition) is 0. The second kappa shape index (κ2) is 50.8. The molecule has 0 atom stereocenters. The Labute approximate surface area is 607 Å². The molecule has 0 radical (unpaired) electrons. The normalized spacial score (nSPS) is 9.35. The number of furan rings is 1. The van der Waals surface area contributed by atoms with Gasteiger partial charge in [0.2, 0.25) is 0 Å². The lowest BCUT2D eigenvalue weighted by molar-refractivity contribution is -0.663. The van der Waals surface area contributed by atoms with Crippen molar-refractivity contribution in [3.8, 4) is 45.7 Å². The molecular formula is C87H125N11OS+4. The van der Waals surface area contributed by atoms with Gasteiger partial charge in [0, 0.05) is 95.8 Å². The van der Waals surface area contributed by atoms with Gasteiger partial charge in [0.05, 0.1) is 69.7 Å². The van der Waals surface area contributed by atoms with E-state index >= 15 is 0 Å². The van der Waals surface area contributed by atoms with Crippen LogP contribution in [0, 0.1) is 27.7 Å². The third-order valence-electron chi connectivity index (χ3n) is 14.2. The first-order valence-corrected chi connectivity index (χ1v) is 37.6. The molecule has 536 valence electrons. The molecule has 0 amide bonds. The Hall–Kier alpha value is -9.46. The fourth-order valence-corrected chi connectivity index (χ4v) is 11.4. The molecule has 0 N–H and O–H groups in total. The molecule has 8 heterocycles. The fourth-order valence-electron chi connectivity index (χ4n) is 10.2. The minimum Gasteiger partial charge on any atom is -0.456 e. The predicted molar refractivity (Wildman–Crippen MR) is 437 cm³/mol. The first-order chi connectivity index (χ1) is 48.9. The second-order valence-electron chi connectivity index (χ2n) is 19.6. The summed E-state index contributed by atoms with van der Waals surface area (Å²) in [6.07, 6.45) is 18.7. The summed E-state index contributed by atoms with van der Waals surface area (Å²) in [5.74, 6) is 3.82. The van der Waals surface area contributed by atoms with Crippen LogP contribution in [0.5, 0.6) is 0 Å². The van der Waals surface area contributed by atoms with Gasteiger partial charge in [-0.05, 0) is 119 Å². The van der Waals surface area contributed by atoms with E-state index in [4.69, 9.17) is 4.42 Å². The number of para-hydroxylation sites is 2. The largest absolute Gasteiger partial charge is 0.456 e. The van der Waals surface area contributed by atoms with Crippen LogP contribution in [0.1, 0.15) is 175 Å². The number of rotatable bonds is 4. The van der Waals surface area contributed by atoms with Crippen LogP contribution >= 0.6 is 11.3 Å². The number of fused-ring (bicyclic) bond motifs is 9. The molecule has 0 saturated heterocycles. The number of thiophene rings is 1. The molecule has 14 aromatic rings. The van der Waals surface area contributed by atoms with Gasteiger partial charge >= 0.3 is 23.3 Å². The van der Waals surface area contributed by atoms with E-state index in [1.54, 1.807) is 12.4 Å². The van der Waals surface area contributed by atoms with Crippen molar-refractivity contribution in [2.45, 2.75) is 180 Å². The molecule has 14 rings (SSSR count). The SMILES string of the molecule is CC.CC.CC.CC.CC.CC.CC.CC.CC.CC.CC.Cc1cc2c(cc1-c1nccc[n+]1C)c1ccccc1n2C.Cc1cc2oc3ccccc3c2cc1-c1nccc[n+]1C.Cc1cc2sc3ccccc3c2cc1-c1nccc[n+]1C.Cc1cncnc1-c1nccc[n+]1C. The smallest absolute Gasteiger partial charge is 0.348 e. The third-order valence-corrected chi connectivity index (χ3v) is 15.4. The minimum atomic E-state index is 0.854. The first-order valence-electron chi connectivity index (χ1n) is 36.8. The Kier molecular flexibility index (Phi) is 46.0. The summed E-state index contributed by atoms with van der Waals surface area (Å²) in [6.45, 7) is 52.4. The zero-order chi connectivity index (χ0) is 76.0. The standard InChI is InChI=1S/C19H18N3.C18H15N2O.C18H15N2S.C10H11N4.11C2H6/c1-13-11-18-16(14-7-4-5-8-17(14)22(18)3)12-15(13)19-20-9-6-10-21(19)2;2*1-12-10-17-15(13-6-3-4-7-16(13)21-17)11-14(12)18-19-8-5-9-20(18)2;1-8-6-11-7-13-9(8)10-12-4-3-5-14(10)2;11*1-2/h4-12H,1-3H3;2*3-11H,1-2H3;3-7H,1-2H3;11*1-2H3/q4*+1;;;;;;;;;;;. The van der Waals surface area contributed by atoms with Crippen molar-refractivity contribution in [1.82, 2.24) is 34.5 Å². The number of benzene rings is 6. The van der Waals surface area contributed by atoms with Gasteiger partial charge in [-0.3, -0.25) is 0 Å². The van der Waals surface area contributed by atoms with Crippen LogP contribution in [0.3, 0.4) is 0 Å². The van der Waals surface area contributed by atoms with E-state index in [2.05, 4.69) is 162 Å².